The van der Waals surface area contributed by atoms with Gasteiger partial charge in [0.15, 0.2) is 6.29 Å². The zero-order valence-electron chi connectivity index (χ0n) is 13.6. The quantitative estimate of drug-likeness (QED) is 0.266. The van der Waals surface area contributed by atoms with E-state index in [9.17, 15) is 0 Å². The number of rotatable bonds is 14. The van der Waals surface area contributed by atoms with Crippen LogP contribution in [0.3, 0.4) is 0 Å². The Morgan fingerprint density at radius 1 is 1.00 bits per heavy atom. The molecule has 0 saturated heterocycles. The predicted molar refractivity (Wildman–Crippen MR) is 96.5 cm³/mol. The second-order valence-electron chi connectivity index (χ2n) is 5.15. The molecule has 4 heteroatoms. The summed E-state index contributed by atoms with van der Waals surface area (Å²) in [5, 5.41) is 2.18. The van der Waals surface area contributed by atoms with E-state index in [1.54, 1.807) is 4.62 Å². The minimum Gasteiger partial charge on any atom is -0.353 e. The number of hydrogen-bond acceptors (Lipinski definition) is 3. The monoisotopic (exact) mass is 330 g/mol. The molecule has 1 unspecified atom stereocenters. The van der Waals surface area contributed by atoms with Gasteiger partial charge in [-0.1, -0.05) is 40.3 Å². The maximum absolute atomic E-state index is 5.56. The van der Waals surface area contributed by atoms with Crippen molar-refractivity contribution in [2.75, 3.05) is 19.4 Å². The summed E-state index contributed by atoms with van der Waals surface area (Å²) < 4.78 is 12.7. The van der Waals surface area contributed by atoms with Gasteiger partial charge in [-0.15, -0.1) is 11.3 Å². The molecule has 0 fully saturated rings. The van der Waals surface area contributed by atoms with Crippen molar-refractivity contribution in [3.63, 3.8) is 0 Å². The Morgan fingerprint density at radius 2 is 1.67 bits per heavy atom. The highest BCUT2D eigenvalue weighted by Gasteiger charge is 2.06. The average Bonchev–Trinajstić information content (AvgIpc) is 2.99. The van der Waals surface area contributed by atoms with Crippen molar-refractivity contribution in [1.82, 2.24) is 0 Å². The first kappa shape index (κ1) is 19.1. The van der Waals surface area contributed by atoms with Gasteiger partial charge in [0.2, 0.25) is 0 Å². The Kier molecular flexibility index (Phi) is 12.5. The van der Waals surface area contributed by atoms with Crippen LogP contribution in [0.4, 0.5) is 0 Å². The maximum atomic E-state index is 5.56. The lowest BCUT2D eigenvalue weighted by atomic mass is 10.1. The Morgan fingerprint density at radius 3 is 2.29 bits per heavy atom. The summed E-state index contributed by atoms with van der Waals surface area (Å²) in [6.45, 7) is 5.55. The molecule has 1 atom stereocenters. The highest BCUT2D eigenvalue weighted by molar-refractivity contribution is 7.56. The van der Waals surface area contributed by atoms with Gasteiger partial charge in [0.25, 0.3) is 0 Å². The molecule has 0 aromatic carbocycles. The Labute approximate surface area is 136 Å². The van der Waals surface area contributed by atoms with Gasteiger partial charge in [-0.2, -0.15) is 0 Å². The minimum atomic E-state index is 0.0204. The summed E-state index contributed by atoms with van der Waals surface area (Å²) in [6.07, 6.45) is 10.5. The van der Waals surface area contributed by atoms with Crippen molar-refractivity contribution < 1.29 is 9.47 Å². The van der Waals surface area contributed by atoms with Gasteiger partial charge >= 0.3 is 0 Å². The van der Waals surface area contributed by atoms with Crippen molar-refractivity contribution in [2.45, 2.75) is 65.1 Å². The third-order valence-corrected chi connectivity index (χ3v) is 5.98. The minimum absolute atomic E-state index is 0.0204. The molecule has 0 aliphatic carbocycles. The molecule has 0 spiro atoms. The van der Waals surface area contributed by atoms with Gasteiger partial charge in [-0.25, -0.2) is 0 Å². The van der Waals surface area contributed by atoms with Gasteiger partial charge in [-0.05, 0) is 50.7 Å². The van der Waals surface area contributed by atoms with E-state index in [2.05, 4.69) is 17.5 Å². The predicted octanol–water partition coefficient (Wildman–Crippen LogP) is 5.18. The smallest absolute Gasteiger partial charge is 0.157 e. The van der Waals surface area contributed by atoms with E-state index in [4.69, 9.17) is 9.47 Å². The molecule has 122 valence electrons. The third kappa shape index (κ3) is 10.4. The summed E-state index contributed by atoms with van der Waals surface area (Å²) in [4.78, 5) is 0. The van der Waals surface area contributed by atoms with Gasteiger partial charge in [0, 0.05) is 17.8 Å². The van der Waals surface area contributed by atoms with Crippen LogP contribution < -0.4 is 4.62 Å². The fourth-order valence-corrected chi connectivity index (χ4v) is 4.51. The van der Waals surface area contributed by atoms with Gasteiger partial charge in [0.1, 0.15) is 0 Å². The van der Waals surface area contributed by atoms with Crippen molar-refractivity contribution in [3.8, 4) is 0 Å². The van der Waals surface area contributed by atoms with Crippen LogP contribution in [-0.4, -0.2) is 25.7 Å². The molecule has 0 amide bonds. The second-order valence-corrected chi connectivity index (χ2v) is 7.86. The van der Waals surface area contributed by atoms with E-state index in [0.717, 1.165) is 28.2 Å². The largest absolute Gasteiger partial charge is 0.353 e. The Bertz CT molecular complexity index is 311. The fourth-order valence-electron chi connectivity index (χ4n) is 2.32. The van der Waals surface area contributed by atoms with E-state index in [1.165, 1.54) is 44.7 Å². The van der Waals surface area contributed by atoms with Crippen LogP contribution in [0.25, 0.3) is 0 Å². The summed E-state index contributed by atoms with van der Waals surface area (Å²) >= 11 is 1.90. The van der Waals surface area contributed by atoms with Crippen molar-refractivity contribution >= 4 is 24.5 Å². The summed E-state index contributed by atoms with van der Waals surface area (Å²) in [6, 6.07) is 4.42. The number of hydrogen-bond donors (Lipinski definition) is 0. The Hall–Kier alpha value is 0.0500. The fraction of sp³-hybridized carbons (Fsp3) is 0.765. The van der Waals surface area contributed by atoms with Crippen LogP contribution >= 0.6 is 19.9 Å². The standard InChI is InChI=1S/C17H31O2PS/c1-3-18-16(19-4-2)12-9-7-5-6-8-10-14-20-17-13-11-15-21-17/h11,13,15-16,20H,3-10,12,14H2,1-2H3. The van der Waals surface area contributed by atoms with E-state index in [1.807, 2.05) is 25.2 Å². The Balaban J connectivity index is 1.85. The summed E-state index contributed by atoms with van der Waals surface area (Å²) in [5.41, 5.74) is 0. The van der Waals surface area contributed by atoms with E-state index in [0.29, 0.717) is 0 Å². The first-order chi connectivity index (χ1) is 10.4. The molecule has 21 heavy (non-hydrogen) atoms. The summed E-state index contributed by atoms with van der Waals surface area (Å²) in [5.74, 6) is 0. The lowest BCUT2D eigenvalue weighted by Gasteiger charge is -2.16. The van der Waals surface area contributed by atoms with Crippen LogP contribution in [-0.2, 0) is 9.47 Å². The van der Waals surface area contributed by atoms with Crippen LogP contribution in [0.2, 0.25) is 0 Å². The van der Waals surface area contributed by atoms with E-state index in [-0.39, 0.29) is 6.29 Å². The van der Waals surface area contributed by atoms with Crippen LogP contribution in [0, 0.1) is 0 Å². The highest BCUT2D eigenvalue weighted by Crippen LogP contribution is 2.17. The summed E-state index contributed by atoms with van der Waals surface area (Å²) in [7, 11) is 1.02. The van der Waals surface area contributed by atoms with Gasteiger partial charge < -0.3 is 9.47 Å². The first-order valence-electron chi connectivity index (χ1n) is 8.37. The molecule has 0 radical (unpaired) electrons. The number of thiophene rings is 1. The first-order valence-corrected chi connectivity index (χ1v) is 10.5. The van der Waals surface area contributed by atoms with Crippen LogP contribution in [0.15, 0.2) is 17.5 Å². The lowest BCUT2D eigenvalue weighted by Crippen LogP contribution is -2.17. The number of ether oxygens (including phenoxy) is 2. The molecule has 0 aliphatic rings. The molecule has 1 heterocycles. The molecular weight excluding hydrogens is 299 g/mol. The van der Waals surface area contributed by atoms with Crippen LogP contribution in [0.1, 0.15) is 58.8 Å². The molecule has 2 nitrogen and oxygen atoms in total. The molecular formula is C17H31O2PS. The molecule has 1 rings (SSSR count). The topological polar surface area (TPSA) is 18.5 Å². The number of unbranched alkanes of at least 4 members (excludes halogenated alkanes) is 5. The average molecular weight is 330 g/mol. The van der Waals surface area contributed by atoms with Crippen molar-refractivity contribution in [2.24, 2.45) is 0 Å². The third-order valence-electron chi connectivity index (χ3n) is 3.39. The maximum Gasteiger partial charge on any atom is 0.157 e. The molecule has 0 aliphatic heterocycles. The zero-order chi connectivity index (χ0) is 15.2. The zero-order valence-corrected chi connectivity index (χ0v) is 15.4. The molecule has 1 aromatic rings. The van der Waals surface area contributed by atoms with Gasteiger partial charge in [-0.3, -0.25) is 0 Å². The SMILES string of the molecule is CCOC(CCCCCCCCPc1cccs1)OCC. The van der Waals surface area contributed by atoms with Crippen molar-refractivity contribution in [3.05, 3.63) is 17.5 Å². The molecule has 0 bridgehead atoms. The normalized spacial score (nSPS) is 12.0. The molecule has 0 saturated carbocycles. The van der Waals surface area contributed by atoms with Gasteiger partial charge in [0.05, 0.1) is 0 Å². The van der Waals surface area contributed by atoms with Crippen LogP contribution in [0.5, 0.6) is 0 Å². The van der Waals surface area contributed by atoms with E-state index >= 15 is 0 Å². The second kappa shape index (κ2) is 13.7. The lowest BCUT2D eigenvalue weighted by molar-refractivity contribution is -0.140. The van der Waals surface area contributed by atoms with Crippen molar-refractivity contribution in [1.29, 1.82) is 0 Å². The molecule has 1 aromatic heterocycles. The highest BCUT2D eigenvalue weighted by atomic mass is 32.1. The van der Waals surface area contributed by atoms with E-state index < -0.39 is 0 Å². The molecule has 0 N–H and O–H groups in total.